The number of hydrogen-bond acceptors (Lipinski definition) is 6. The Bertz CT molecular complexity index is 1070. The molecule has 30 heavy (non-hydrogen) atoms. The quantitative estimate of drug-likeness (QED) is 0.598. The van der Waals surface area contributed by atoms with Gasteiger partial charge in [0.25, 0.3) is 5.91 Å². The second kappa shape index (κ2) is 7.68. The summed E-state index contributed by atoms with van der Waals surface area (Å²) in [6.45, 7) is 7.74. The van der Waals surface area contributed by atoms with Crippen LogP contribution in [0, 0.1) is 0 Å². The van der Waals surface area contributed by atoms with E-state index in [0.29, 0.717) is 29.5 Å². The zero-order valence-electron chi connectivity index (χ0n) is 17.4. The van der Waals surface area contributed by atoms with Crippen LogP contribution in [-0.2, 0) is 6.54 Å². The molecule has 1 saturated heterocycles. The fraction of sp³-hybridized carbons (Fsp3) is 0.455. The second-order valence-corrected chi connectivity index (χ2v) is 7.96. The summed E-state index contributed by atoms with van der Waals surface area (Å²) >= 11 is 0. The Kier molecular flexibility index (Phi) is 4.86. The minimum absolute atomic E-state index is 0.0129. The van der Waals surface area contributed by atoms with Crippen LogP contribution in [0.3, 0.4) is 0 Å². The van der Waals surface area contributed by atoms with E-state index in [4.69, 9.17) is 4.52 Å². The van der Waals surface area contributed by atoms with Crippen molar-refractivity contribution in [2.75, 3.05) is 19.6 Å². The Morgan fingerprint density at radius 1 is 1.20 bits per heavy atom. The van der Waals surface area contributed by atoms with Gasteiger partial charge in [-0.3, -0.25) is 14.3 Å². The molecule has 8 heteroatoms. The molecule has 1 atom stereocenters. The maximum atomic E-state index is 13.0. The lowest BCUT2D eigenvalue weighted by atomic mass is 9.97. The second-order valence-electron chi connectivity index (χ2n) is 7.96. The summed E-state index contributed by atoms with van der Waals surface area (Å²) in [6.07, 6.45) is 4.85. The van der Waals surface area contributed by atoms with E-state index in [9.17, 15) is 4.79 Å². The Balaban J connectivity index is 1.52. The predicted octanol–water partition coefficient (Wildman–Crippen LogP) is 3.44. The number of fused-ring (bicyclic) bond motifs is 5. The number of hydrogen-bond donors (Lipinski definition) is 0. The van der Waals surface area contributed by atoms with Crippen LogP contribution in [0.25, 0.3) is 17.2 Å². The molecule has 156 valence electrons. The van der Waals surface area contributed by atoms with E-state index in [2.05, 4.69) is 33.9 Å². The number of carbonyl (C=O) groups excluding carboxylic acids is 1. The molecule has 2 aromatic heterocycles. The maximum Gasteiger partial charge on any atom is 0.256 e. The van der Waals surface area contributed by atoms with Crippen molar-refractivity contribution >= 4 is 5.91 Å². The molecule has 0 saturated carbocycles. The first-order chi connectivity index (χ1) is 14.7. The first kappa shape index (κ1) is 19.0. The van der Waals surface area contributed by atoms with Crippen LogP contribution in [-0.4, -0.2) is 55.0 Å². The van der Waals surface area contributed by atoms with Gasteiger partial charge in [0.2, 0.25) is 11.7 Å². The highest BCUT2D eigenvalue weighted by molar-refractivity contribution is 5.99. The molecule has 0 bridgehead atoms. The highest BCUT2D eigenvalue weighted by Gasteiger charge is 2.42. The lowest BCUT2D eigenvalue weighted by Crippen LogP contribution is -2.44. The Morgan fingerprint density at radius 2 is 2.00 bits per heavy atom. The zero-order valence-corrected chi connectivity index (χ0v) is 17.4. The van der Waals surface area contributed by atoms with Gasteiger partial charge in [-0.15, -0.1) is 0 Å². The van der Waals surface area contributed by atoms with Gasteiger partial charge in [-0.1, -0.05) is 31.1 Å². The van der Waals surface area contributed by atoms with Gasteiger partial charge >= 0.3 is 0 Å². The molecule has 4 heterocycles. The summed E-state index contributed by atoms with van der Waals surface area (Å²) in [5.74, 6) is 1.16. The van der Waals surface area contributed by atoms with Crippen molar-refractivity contribution in [2.45, 2.75) is 45.7 Å². The predicted molar refractivity (Wildman–Crippen MR) is 111 cm³/mol. The molecular formula is C22H26N6O2. The Hall–Kier alpha value is -3.00. The number of aromatic nitrogens is 4. The average Bonchev–Trinajstić information content (AvgIpc) is 3.33. The van der Waals surface area contributed by atoms with Crippen LogP contribution in [0.2, 0.25) is 0 Å². The number of nitrogens with zero attached hydrogens (tertiary/aromatic N) is 6. The largest absolute Gasteiger partial charge is 0.337 e. The zero-order chi connectivity index (χ0) is 20.7. The third-order valence-electron chi connectivity index (χ3n) is 5.91. The van der Waals surface area contributed by atoms with Gasteiger partial charge in [-0.05, 0) is 44.5 Å². The lowest BCUT2D eigenvalue weighted by molar-refractivity contribution is 0.0461. The summed E-state index contributed by atoms with van der Waals surface area (Å²) in [6, 6.07) is 7.67. The fourth-order valence-corrected chi connectivity index (χ4v) is 4.48. The van der Waals surface area contributed by atoms with Gasteiger partial charge in [-0.2, -0.15) is 4.98 Å². The molecule has 0 spiro atoms. The van der Waals surface area contributed by atoms with E-state index in [1.165, 1.54) is 0 Å². The molecule has 0 unspecified atom stereocenters. The van der Waals surface area contributed by atoms with Crippen molar-refractivity contribution in [2.24, 2.45) is 0 Å². The minimum atomic E-state index is -0.0129. The first-order valence-corrected chi connectivity index (χ1v) is 10.7. The van der Waals surface area contributed by atoms with Gasteiger partial charge in [0, 0.05) is 6.54 Å². The van der Waals surface area contributed by atoms with Crippen LogP contribution in [0.15, 0.2) is 35.1 Å². The molecule has 3 aromatic rings. The normalized spacial score (nSPS) is 17.4. The summed E-state index contributed by atoms with van der Waals surface area (Å²) in [7, 11) is 0. The summed E-state index contributed by atoms with van der Waals surface area (Å²) < 4.78 is 7.59. The van der Waals surface area contributed by atoms with E-state index in [0.717, 1.165) is 50.3 Å². The van der Waals surface area contributed by atoms with Gasteiger partial charge in [-0.25, -0.2) is 4.98 Å². The number of amides is 1. The monoisotopic (exact) mass is 406 g/mol. The Morgan fingerprint density at radius 3 is 2.73 bits per heavy atom. The molecule has 0 N–H and O–H groups in total. The van der Waals surface area contributed by atoms with E-state index < -0.39 is 0 Å². The number of benzene rings is 1. The van der Waals surface area contributed by atoms with Crippen LogP contribution < -0.4 is 0 Å². The van der Waals surface area contributed by atoms with Crippen LogP contribution in [0.5, 0.6) is 0 Å². The van der Waals surface area contributed by atoms with Crippen molar-refractivity contribution < 1.29 is 9.32 Å². The molecule has 0 aliphatic carbocycles. The smallest absolute Gasteiger partial charge is 0.256 e. The Labute approximate surface area is 175 Å². The van der Waals surface area contributed by atoms with Crippen molar-refractivity contribution in [3.8, 4) is 17.2 Å². The summed E-state index contributed by atoms with van der Waals surface area (Å²) in [4.78, 5) is 26.5. The van der Waals surface area contributed by atoms with Gasteiger partial charge in [0.15, 0.2) is 0 Å². The van der Waals surface area contributed by atoms with Crippen LogP contribution in [0.1, 0.15) is 61.1 Å². The molecule has 2 aliphatic heterocycles. The fourth-order valence-electron chi connectivity index (χ4n) is 4.48. The van der Waals surface area contributed by atoms with Gasteiger partial charge < -0.3 is 9.42 Å². The lowest BCUT2D eigenvalue weighted by Gasteiger charge is -2.39. The van der Waals surface area contributed by atoms with E-state index in [1.807, 2.05) is 33.7 Å². The number of rotatable bonds is 7. The summed E-state index contributed by atoms with van der Waals surface area (Å²) in [5.41, 5.74) is 3.22. The highest BCUT2D eigenvalue weighted by atomic mass is 16.5. The average molecular weight is 406 g/mol. The molecule has 1 aromatic carbocycles. The third-order valence-corrected chi connectivity index (χ3v) is 5.91. The van der Waals surface area contributed by atoms with Gasteiger partial charge in [0.1, 0.15) is 12.0 Å². The van der Waals surface area contributed by atoms with Crippen molar-refractivity contribution in [1.29, 1.82) is 0 Å². The van der Waals surface area contributed by atoms with Crippen LogP contribution >= 0.6 is 0 Å². The minimum Gasteiger partial charge on any atom is -0.337 e. The van der Waals surface area contributed by atoms with Gasteiger partial charge in [0.05, 0.1) is 29.5 Å². The topological polar surface area (TPSA) is 80.3 Å². The highest BCUT2D eigenvalue weighted by Crippen LogP contribution is 2.42. The molecular weight excluding hydrogens is 380 g/mol. The standard InChI is InChI=1S/C22H26N6O2/c1-3-10-26(11-4-2)13-18-24-21(25-30-18)19-20-17-9-12-27(17)22(29)15-7-5-6-8-16(15)28(20)14-23-19/h5-8,14,17H,3-4,9-13H2,1-2H3/t17-/m0/s1. The first-order valence-electron chi connectivity index (χ1n) is 10.7. The summed E-state index contributed by atoms with van der Waals surface area (Å²) in [5, 5.41) is 4.24. The maximum absolute atomic E-state index is 13.0. The van der Waals surface area contributed by atoms with Crippen molar-refractivity contribution in [1.82, 2.24) is 29.5 Å². The third kappa shape index (κ3) is 3.02. The van der Waals surface area contributed by atoms with Crippen molar-refractivity contribution in [3.05, 3.63) is 47.7 Å². The number of carbonyl (C=O) groups is 1. The van der Waals surface area contributed by atoms with Crippen molar-refractivity contribution in [3.63, 3.8) is 0 Å². The van der Waals surface area contributed by atoms with E-state index >= 15 is 0 Å². The number of para-hydroxylation sites is 1. The number of imidazole rings is 1. The molecule has 2 aliphatic rings. The molecule has 5 rings (SSSR count). The van der Waals surface area contributed by atoms with Crippen LogP contribution in [0.4, 0.5) is 0 Å². The van der Waals surface area contributed by atoms with E-state index in [-0.39, 0.29) is 11.9 Å². The van der Waals surface area contributed by atoms with E-state index in [1.54, 1.807) is 6.33 Å². The molecule has 1 amide bonds. The molecule has 1 fully saturated rings. The SMILES string of the molecule is CCCN(CCC)Cc1nc(-c2ncn3c2[C@@H]2CCN2C(=O)c2ccccc2-3)no1. The molecule has 0 radical (unpaired) electrons. The molecule has 8 nitrogen and oxygen atoms in total.